The van der Waals surface area contributed by atoms with Crippen LogP contribution in [-0.4, -0.2) is 44.3 Å². The molecule has 6 rings (SSSR count). The van der Waals surface area contributed by atoms with Crippen LogP contribution in [0, 0.1) is 23.2 Å². The summed E-state index contributed by atoms with van der Waals surface area (Å²) < 4.78 is 0.299. The average molecular weight is 467 g/mol. The Kier molecular flexibility index (Phi) is 4.77. The van der Waals surface area contributed by atoms with Crippen molar-refractivity contribution in [3.05, 3.63) is 5.51 Å². The maximum Gasteiger partial charge on any atom is 0.229 e. The lowest BCUT2D eigenvalue weighted by Gasteiger charge is -2.60. The maximum atomic E-state index is 13.1. The van der Waals surface area contributed by atoms with Crippen molar-refractivity contribution >= 4 is 44.2 Å². The van der Waals surface area contributed by atoms with E-state index in [9.17, 15) is 9.59 Å². The lowest BCUT2D eigenvalue weighted by atomic mass is 9.48. The number of anilines is 1. The quantitative estimate of drug-likeness (QED) is 0.683. The van der Waals surface area contributed by atoms with Crippen molar-refractivity contribution in [1.82, 2.24) is 15.1 Å². The molecule has 2 amide bonds. The molecule has 0 aromatic carbocycles. The number of hydrogen-bond acceptors (Lipinski definition) is 5. The molecule has 2 heterocycles. The molecule has 2 unspecified atom stereocenters. The zero-order valence-corrected chi connectivity index (χ0v) is 18.4. The summed E-state index contributed by atoms with van der Waals surface area (Å²) in [6, 6.07) is 0. The summed E-state index contributed by atoms with van der Waals surface area (Å²) >= 11 is 5.38. The molecule has 6 nitrogen and oxygen atoms in total. The third-order valence-electron chi connectivity index (χ3n) is 7.45. The number of piperidine rings is 1. The second kappa shape index (κ2) is 7.04. The molecule has 1 aromatic heterocycles. The molecule has 152 valence electrons. The fraction of sp³-hybridized carbons (Fsp3) is 0.800. The van der Waals surface area contributed by atoms with Gasteiger partial charge in [0.1, 0.15) is 5.51 Å². The van der Waals surface area contributed by atoms with Gasteiger partial charge in [-0.1, -0.05) is 27.3 Å². The normalized spacial score (nSPS) is 37.2. The maximum absolute atomic E-state index is 13.1. The van der Waals surface area contributed by atoms with Crippen LogP contribution in [0.25, 0.3) is 0 Å². The first-order chi connectivity index (χ1) is 13.4. The number of likely N-dealkylation sites (tertiary alicyclic amines) is 1. The molecule has 2 atom stereocenters. The van der Waals surface area contributed by atoms with Gasteiger partial charge in [0.05, 0.1) is 0 Å². The van der Waals surface area contributed by atoms with Crippen molar-refractivity contribution in [2.24, 2.45) is 23.2 Å². The summed E-state index contributed by atoms with van der Waals surface area (Å²) in [5, 5.41) is 11.0. The van der Waals surface area contributed by atoms with Crippen LogP contribution in [0.1, 0.15) is 57.8 Å². The molecule has 4 aliphatic carbocycles. The van der Waals surface area contributed by atoms with Crippen molar-refractivity contribution in [3.8, 4) is 0 Å². The van der Waals surface area contributed by atoms with Crippen LogP contribution in [0.5, 0.6) is 0 Å². The number of alkyl halides is 1. The van der Waals surface area contributed by atoms with Gasteiger partial charge in [0.25, 0.3) is 0 Å². The first-order valence-corrected chi connectivity index (χ1v) is 12.1. The van der Waals surface area contributed by atoms with Gasteiger partial charge in [-0.2, -0.15) is 0 Å². The third kappa shape index (κ3) is 3.62. The molecule has 8 heteroatoms. The Hall–Kier alpha value is -1.02. The Morgan fingerprint density at radius 3 is 2.54 bits per heavy atom. The zero-order valence-electron chi connectivity index (χ0n) is 16.0. The first kappa shape index (κ1) is 19.0. The van der Waals surface area contributed by atoms with Crippen LogP contribution < -0.4 is 5.32 Å². The highest BCUT2D eigenvalue weighted by molar-refractivity contribution is 9.10. The molecule has 5 fully saturated rings. The van der Waals surface area contributed by atoms with Gasteiger partial charge in [-0.25, -0.2) is 0 Å². The number of aromatic nitrogens is 2. The second-order valence-electron chi connectivity index (χ2n) is 9.68. The SMILES string of the molecule is O=C(Nc1nncs1)C1CCN(C(=O)CC23CC4CC(CC(Br)(C4)C2)C3)CC1. The zero-order chi connectivity index (χ0) is 19.4. The monoisotopic (exact) mass is 466 g/mol. The topological polar surface area (TPSA) is 75.2 Å². The van der Waals surface area contributed by atoms with E-state index in [2.05, 4.69) is 31.4 Å². The predicted octanol–water partition coefficient (Wildman–Crippen LogP) is 3.84. The summed E-state index contributed by atoms with van der Waals surface area (Å²) in [5.74, 6) is 1.89. The molecule has 4 saturated carbocycles. The van der Waals surface area contributed by atoms with E-state index in [4.69, 9.17) is 0 Å². The van der Waals surface area contributed by atoms with Crippen molar-refractivity contribution in [1.29, 1.82) is 0 Å². The molecule has 1 aromatic rings. The van der Waals surface area contributed by atoms with Crippen LogP contribution >= 0.6 is 27.3 Å². The van der Waals surface area contributed by atoms with E-state index >= 15 is 0 Å². The second-order valence-corrected chi connectivity index (χ2v) is 12.2. The number of rotatable bonds is 4. The number of carbonyl (C=O) groups excluding carboxylic acids is 2. The Morgan fingerprint density at radius 2 is 1.93 bits per heavy atom. The van der Waals surface area contributed by atoms with Gasteiger partial charge < -0.3 is 10.2 Å². The minimum atomic E-state index is -0.0432. The Labute approximate surface area is 178 Å². The summed E-state index contributed by atoms with van der Waals surface area (Å²) in [7, 11) is 0. The highest BCUT2D eigenvalue weighted by Crippen LogP contribution is 2.65. The largest absolute Gasteiger partial charge is 0.343 e. The Bertz CT molecular complexity index is 748. The lowest BCUT2D eigenvalue weighted by molar-refractivity contribution is -0.141. The molecule has 1 aliphatic heterocycles. The van der Waals surface area contributed by atoms with Crippen LogP contribution in [0.15, 0.2) is 5.51 Å². The molecule has 5 aliphatic rings. The summed E-state index contributed by atoms with van der Waals surface area (Å²) in [6.45, 7) is 1.38. The molecule has 0 spiro atoms. The van der Waals surface area contributed by atoms with Gasteiger partial charge in [0, 0.05) is 29.8 Å². The average Bonchev–Trinajstić information content (AvgIpc) is 3.12. The number of amides is 2. The molecular formula is C20H27BrN4O2S. The van der Waals surface area contributed by atoms with E-state index in [0.717, 1.165) is 24.7 Å². The van der Waals surface area contributed by atoms with E-state index in [0.29, 0.717) is 34.9 Å². The Balaban J connectivity index is 1.16. The molecule has 0 radical (unpaired) electrons. The highest BCUT2D eigenvalue weighted by Gasteiger charge is 2.57. The summed E-state index contributed by atoms with van der Waals surface area (Å²) in [4.78, 5) is 27.5. The molecular weight excluding hydrogens is 440 g/mol. The van der Waals surface area contributed by atoms with Gasteiger partial charge in [-0.15, -0.1) is 10.2 Å². The molecule has 28 heavy (non-hydrogen) atoms. The lowest BCUT2D eigenvalue weighted by Crippen LogP contribution is -2.54. The van der Waals surface area contributed by atoms with Crippen molar-refractivity contribution < 1.29 is 9.59 Å². The molecule has 1 saturated heterocycles. The van der Waals surface area contributed by atoms with Gasteiger partial charge in [-0.3, -0.25) is 9.59 Å². The van der Waals surface area contributed by atoms with Crippen LogP contribution in [0.4, 0.5) is 5.13 Å². The van der Waals surface area contributed by atoms with E-state index in [1.807, 2.05) is 4.90 Å². The van der Waals surface area contributed by atoms with E-state index in [1.54, 1.807) is 5.51 Å². The van der Waals surface area contributed by atoms with Crippen molar-refractivity contribution in [2.45, 2.75) is 62.1 Å². The standard InChI is InChI=1S/C20H27BrN4O2S/c21-20-8-13-5-14(9-20)7-19(6-13,11-20)10-16(26)25-3-1-15(2-4-25)17(27)23-18-24-22-12-28-18/h12-15H,1-11H2,(H,23,24,27). The minimum absolute atomic E-state index is 0.00571. The fourth-order valence-corrected chi connectivity index (χ4v) is 8.76. The number of hydrogen-bond donors (Lipinski definition) is 1. The van der Waals surface area contributed by atoms with Gasteiger partial charge >= 0.3 is 0 Å². The molecule has 4 bridgehead atoms. The van der Waals surface area contributed by atoms with E-state index < -0.39 is 0 Å². The third-order valence-corrected chi connectivity index (χ3v) is 8.98. The highest BCUT2D eigenvalue weighted by atomic mass is 79.9. The fourth-order valence-electron chi connectivity index (χ4n) is 6.80. The van der Waals surface area contributed by atoms with Gasteiger partial charge in [0.15, 0.2) is 0 Å². The van der Waals surface area contributed by atoms with Crippen LogP contribution in [0.2, 0.25) is 0 Å². The molecule has 1 N–H and O–H groups in total. The number of halogens is 1. The summed E-state index contributed by atoms with van der Waals surface area (Å²) in [5.41, 5.74) is 1.83. The first-order valence-electron chi connectivity index (χ1n) is 10.5. The van der Waals surface area contributed by atoms with E-state index in [-0.39, 0.29) is 17.2 Å². The summed E-state index contributed by atoms with van der Waals surface area (Å²) in [6.07, 6.45) is 9.79. The predicted molar refractivity (Wildman–Crippen MR) is 111 cm³/mol. The number of nitrogens with zero attached hydrogens (tertiary/aromatic N) is 3. The van der Waals surface area contributed by atoms with Gasteiger partial charge in [0.2, 0.25) is 16.9 Å². The van der Waals surface area contributed by atoms with E-state index in [1.165, 1.54) is 49.9 Å². The van der Waals surface area contributed by atoms with Gasteiger partial charge in [-0.05, 0) is 68.6 Å². The minimum Gasteiger partial charge on any atom is -0.343 e. The number of nitrogens with one attached hydrogen (secondary N) is 1. The van der Waals surface area contributed by atoms with Crippen LogP contribution in [0.3, 0.4) is 0 Å². The smallest absolute Gasteiger partial charge is 0.229 e. The van der Waals surface area contributed by atoms with Crippen molar-refractivity contribution in [3.63, 3.8) is 0 Å². The van der Waals surface area contributed by atoms with Crippen molar-refractivity contribution in [2.75, 3.05) is 18.4 Å². The van der Waals surface area contributed by atoms with Crippen LogP contribution in [-0.2, 0) is 9.59 Å². The number of carbonyl (C=O) groups is 2. The Morgan fingerprint density at radius 1 is 1.21 bits per heavy atom.